The molecule has 1 aliphatic heterocycles. The highest BCUT2D eigenvalue weighted by Crippen LogP contribution is 2.26. The molecular weight excluding hydrogens is 354 g/mol. The predicted molar refractivity (Wildman–Crippen MR) is 113 cm³/mol. The summed E-state index contributed by atoms with van der Waals surface area (Å²) < 4.78 is 0. The third-order valence-corrected chi connectivity index (χ3v) is 5.59. The lowest BCUT2D eigenvalue weighted by molar-refractivity contribution is -0.114. The lowest BCUT2D eigenvalue weighted by atomic mass is 10.0. The monoisotopic (exact) mass is 387 g/mol. The van der Waals surface area contributed by atoms with Crippen LogP contribution in [0, 0.1) is 0 Å². The highest BCUT2D eigenvalue weighted by Gasteiger charge is 2.27. The number of hydrogen-bond donors (Lipinski definition) is 4. The van der Waals surface area contributed by atoms with Gasteiger partial charge in [-0.2, -0.15) is 0 Å². The summed E-state index contributed by atoms with van der Waals surface area (Å²) >= 11 is 0. The van der Waals surface area contributed by atoms with E-state index < -0.39 is 0 Å². The van der Waals surface area contributed by atoms with Crippen molar-refractivity contribution in [3.8, 4) is 5.75 Å². The highest BCUT2D eigenvalue weighted by atomic mass is 16.3. The van der Waals surface area contributed by atoms with E-state index in [-0.39, 0.29) is 18.2 Å². The molecule has 0 atom stereocenters. The molecule has 0 spiro atoms. The number of carbonyl (C=O) groups excluding carboxylic acids is 1. The molecular formula is C21H33N5O2. The van der Waals surface area contributed by atoms with Crippen LogP contribution >= 0.6 is 0 Å². The molecule has 0 radical (unpaired) electrons. The molecule has 1 saturated heterocycles. The van der Waals surface area contributed by atoms with E-state index in [0.29, 0.717) is 17.7 Å². The maximum Gasteiger partial charge on any atom is 0.246 e. The number of aliphatic imine (C=N–C) groups is 1. The zero-order valence-electron chi connectivity index (χ0n) is 16.8. The standard InChI is InChI=1S/C21H33N5O2/c1-2-22-21(23-15-20(28)24-16-7-9-19(27)10-8-16)25-17-11-13-26(14-12-17)18-5-3-4-6-18/h7-10,17-18,27H,2-6,11-15H2,1H3,(H,24,28)(H2,22,23,25). The summed E-state index contributed by atoms with van der Waals surface area (Å²) in [4.78, 5) is 19.2. The van der Waals surface area contributed by atoms with Gasteiger partial charge in [-0.15, -0.1) is 0 Å². The zero-order valence-corrected chi connectivity index (χ0v) is 16.8. The summed E-state index contributed by atoms with van der Waals surface area (Å²) in [6.45, 7) is 5.12. The molecule has 1 saturated carbocycles. The van der Waals surface area contributed by atoms with Gasteiger partial charge < -0.3 is 26.0 Å². The van der Waals surface area contributed by atoms with Gasteiger partial charge in [0.15, 0.2) is 5.96 Å². The molecule has 1 aliphatic carbocycles. The molecule has 1 heterocycles. The van der Waals surface area contributed by atoms with Crippen LogP contribution in [0.25, 0.3) is 0 Å². The Bertz CT molecular complexity index is 647. The number of anilines is 1. The largest absolute Gasteiger partial charge is 0.508 e. The van der Waals surface area contributed by atoms with Crippen LogP contribution in [0.4, 0.5) is 5.69 Å². The van der Waals surface area contributed by atoms with Crippen molar-refractivity contribution in [2.45, 2.75) is 57.5 Å². The third kappa shape index (κ3) is 6.12. The average Bonchev–Trinajstić information content (AvgIpc) is 3.23. The van der Waals surface area contributed by atoms with Gasteiger partial charge in [-0.1, -0.05) is 12.8 Å². The van der Waals surface area contributed by atoms with E-state index in [1.165, 1.54) is 25.7 Å². The van der Waals surface area contributed by atoms with Gasteiger partial charge >= 0.3 is 0 Å². The Morgan fingerprint density at radius 1 is 1.14 bits per heavy atom. The van der Waals surface area contributed by atoms with Crippen molar-refractivity contribution < 1.29 is 9.90 Å². The number of phenols is 1. The van der Waals surface area contributed by atoms with Crippen molar-refractivity contribution in [3.63, 3.8) is 0 Å². The molecule has 1 amide bonds. The number of amides is 1. The molecule has 7 nitrogen and oxygen atoms in total. The Kier molecular flexibility index (Phi) is 7.54. The smallest absolute Gasteiger partial charge is 0.246 e. The maximum absolute atomic E-state index is 12.1. The van der Waals surface area contributed by atoms with Gasteiger partial charge in [-0.3, -0.25) is 4.79 Å². The summed E-state index contributed by atoms with van der Waals surface area (Å²) in [6, 6.07) is 7.61. The number of hydrogen-bond acceptors (Lipinski definition) is 4. The van der Waals surface area contributed by atoms with Gasteiger partial charge in [-0.25, -0.2) is 4.99 Å². The van der Waals surface area contributed by atoms with E-state index >= 15 is 0 Å². The minimum absolute atomic E-state index is 0.0527. The molecule has 28 heavy (non-hydrogen) atoms. The number of piperidine rings is 1. The van der Waals surface area contributed by atoms with E-state index in [9.17, 15) is 9.90 Å². The number of phenolic OH excluding ortho intramolecular Hbond substituents is 1. The molecule has 2 aliphatic rings. The van der Waals surface area contributed by atoms with Crippen LogP contribution in [0.2, 0.25) is 0 Å². The first kappa shape index (κ1) is 20.5. The molecule has 0 unspecified atom stereocenters. The highest BCUT2D eigenvalue weighted by molar-refractivity contribution is 5.94. The lowest BCUT2D eigenvalue weighted by Gasteiger charge is -2.36. The van der Waals surface area contributed by atoms with Crippen molar-refractivity contribution in [1.29, 1.82) is 0 Å². The second-order valence-electron chi connectivity index (χ2n) is 7.68. The number of carbonyl (C=O) groups is 1. The molecule has 7 heteroatoms. The fourth-order valence-corrected chi connectivity index (χ4v) is 4.09. The summed E-state index contributed by atoms with van der Waals surface area (Å²) in [5.74, 6) is 0.690. The lowest BCUT2D eigenvalue weighted by Crippen LogP contribution is -2.50. The Labute approximate surface area is 167 Å². The second-order valence-corrected chi connectivity index (χ2v) is 7.68. The van der Waals surface area contributed by atoms with E-state index in [2.05, 4.69) is 25.8 Å². The summed E-state index contributed by atoms with van der Waals surface area (Å²) in [7, 11) is 0. The summed E-state index contributed by atoms with van der Waals surface area (Å²) in [5, 5.41) is 18.8. The first-order valence-electron chi connectivity index (χ1n) is 10.5. The number of aromatic hydroxyl groups is 1. The molecule has 3 rings (SSSR count). The van der Waals surface area contributed by atoms with Crippen molar-refractivity contribution in [2.24, 2.45) is 4.99 Å². The Balaban J connectivity index is 1.45. The Hall–Kier alpha value is -2.28. The van der Waals surface area contributed by atoms with Gasteiger partial charge in [0.25, 0.3) is 0 Å². The van der Waals surface area contributed by atoms with E-state index in [0.717, 1.165) is 38.5 Å². The fourth-order valence-electron chi connectivity index (χ4n) is 4.09. The third-order valence-electron chi connectivity index (χ3n) is 5.59. The fraction of sp³-hybridized carbons (Fsp3) is 0.619. The van der Waals surface area contributed by atoms with Gasteiger partial charge in [0.1, 0.15) is 12.3 Å². The van der Waals surface area contributed by atoms with Crippen molar-refractivity contribution in [2.75, 3.05) is 31.5 Å². The average molecular weight is 388 g/mol. The second kappa shape index (κ2) is 10.3. The quantitative estimate of drug-likeness (QED) is 0.342. The Morgan fingerprint density at radius 2 is 1.82 bits per heavy atom. The minimum Gasteiger partial charge on any atom is -0.508 e. The van der Waals surface area contributed by atoms with Gasteiger partial charge in [-0.05, 0) is 56.9 Å². The predicted octanol–water partition coefficient (Wildman–Crippen LogP) is 2.29. The molecule has 154 valence electrons. The van der Waals surface area contributed by atoms with Gasteiger partial charge in [0.2, 0.25) is 5.91 Å². The van der Waals surface area contributed by atoms with Crippen LogP contribution in [-0.2, 0) is 4.79 Å². The number of likely N-dealkylation sites (tertiary alicyclic amines) is 1. The van der Waals surface area contributed by atoms with Gasteiger partial charge in [0, 0.05) is 37.4 Å². The maximum atomic E-state index is 12.1. The molecule has 2 fully saturated rings. The molecule has 0 aromatic heterocycles. The number of guanidine groups is 1. The van der Waals surface area contributed by atoms with Crippen LogP contribution in [0.5, 0.6) is 5.75 Å². The normalized spacial score (nSPS) is 19.5. The number of nitrogens with zero attached hydrogens (tertiary/aromatic N) is 2. The molecule has 0 bridgehead atoms. The summed E-state index contributed by atoms with van der Waals surface area (Å²) in [5.41, 5.74) is 0.648. The summed E-state index contributed by atoms with van der Waals surface area (Å²) in [6.07, 6.45) is 7.70. The van der Waals surface area contributed by atoms with Crippen LogP contribution in [0.1, 0.15) is 45.4 Å². The topological polar surface area (TPSA) is 89.0 Å². The molecule has 4 N–H and O–H groups in total. The van der Waals surface area contributed by atoms with Crippen molar-refractivity contribution >= 4 is 17.6 Å². The number of benzene rings is 1. The first-order valence-corrected chi connectivity index (χ1v) is 10.5. The molecule has 1 aromatic rings. The van der Waals surface area contributed by atoms with Crippen molar-refractivity contribution in [3.05, 3.63) is 24.3 Å². The van der Waals surface area contributed by atoms with Crippen LogP contribution in [-0.4, -0.2) is 60.1 Å². The zero-order chi connectivity index (χ0) is 19.8. The minimum atomic E-state index is -0.182. The van der Waals surface area contributed by atoms with E-state index in [4.69, 9.17) is 0 Å². The first-order chi connectivity index (χ1) is 13.6. The van der Waals surface area contributed by atoms with Crippen LogP contribution in [0.3, 0.4) is 0 Å². The molecule has 1 aromatic carbocycles. The van der Waals surface area contributed by atoms with Crippen LogP contribution < -0.4 is 16.0 Å². The van der Waals surface area contributed by atoms with Crippen LogP contribution in [0.15, 0.2) is 29.3 Å². The van der Waals surface area contributed by atoms with Crippen molar-refractivity contribution in [1.82, 2.24) is 15.5 Å². The van der Waals surface area contributed by atoms with Gasteiger partial charge in [0.05, 0.1) is 0 Å². The Morgan fingerprint density at radius 3 is 2.46 bits per heavy atom. The van der Waals surface area contributed by atoms with E-state index in [1.54, 1.807) is 24.3 Å². The SMILES string of the molecule is CCNC(=NCC(=O)Nc1ccc(O)cc1)NC1CCN(C2CCCC2)CC1. The van der Waals surface area contributed by atoms with E-state index in [1.807, 2.05) is 6.92 Å². The number of rotatable bonds is 6. The number of nitrogens with one attached hydrogen (secondary N) is 3.